The van der Waals surface area contributed by atoms with Crippen molar-refractivity contribution in [2.24, 2.45) is 0 Å². The Labute approximate surface area is 154 Å². The maximum Gasteiger partial charge on any atom is 0.347 e. The highest BCUT2D eigenvalue weighted by atomic mass is 16.5. The molecular weight excluding hydrogens is 346 g/mol. The van der Waals surface area contributed by atoms with E-state index in [1.165, 1.54) is 10.9 Å². The molecule has 0 N–H and O–H groups in total. The molecule has 0 fully saturated rings. The Bertz CT molecular complexity index is 1190. The fraction of sp³-hybridized carbons (Fsp3) is 0.150. The summed E-state index contributed by atoms with van der Waals surface area (Å²) >= 11 is 0. The number of nitrogens with zero attached hydrogens (tertiary/aromatic N) is 3. The molecule has 0 aliphatic heterocycles. The van der Waals surface area contributed by atoms with E-state index in [-0.39, 0.29) is 12.5 Å². The molecule has 0 aliphatic carbocycles. The summed E-state index contributed by atoms with van der Waals surface area (Å²) < 4.78 is 12.0. The molecule has 0 saturated heterocycles. The van der Waals surface area contributed by atoms with Crippen LogP contribution in [0.15, 0.2) is 63.9 Å². The van der Waals surface area contributed by atoms with Crippen LogP contribution in [-0.2, 0) is 11.3 Å². The van der Waals surface area contributed by atoms with Crippen molar-refractivity contribution < 1.29 is 13.9 Å². The van der Waals surface area contributed by atoms with Crippen molar-refractivity contribution in [3.05, 3.63) is 65.1 Å². The summed E-state index contributed by atoms with van der Waals surface area (Å²) in [5.74, 6) is 0.554. The minimum atomic E-state index is -0.467. The molecule has 4 rings (SSSR count). The molecule has 136 valence electrons. The summed E-state index contributed by atoms with van der Waals surface area (Å²) in [6, 6.07) is 14.4. The van der Waals surface area contributed by atoms with Crippen molar-refractivity contribution in [2.45, 2.75) is 6.54 Å². The lowest BCUT2D eigenvalue weighted by Crippen LogP contribution is -2.30. The number of ether oxygens (including phenoxy) is 1. The first kappa shape index (κ1) is 16.8. The van der Waals surface area contributed by atoms with Crippen LogP contribution in [0, 0.1) is 0 Å². The van der Waals surface area contributed by atoms with Gasteiger partial charge in [-0.3, -0.25) is 9.48 Å². The van der Waals surface area contributed by atoms with Gasteiger partial charge in [0.05, 0.1) is 18.8 Å². The summed E-state index contributed by atoms with van der Waals surface area (Å²) in [6.07, 6.45) is 1.44. The molecular formula is C20H17N3O4. The van der Waals surface area contributed by atoms with Crippen molar-refractivity contribution in [2.75, 3.05) is 19.1 Å². The van der Waals surface area contributed by atoms with Crippen LogP contribution in [0.25, 0.3) is 21.9 Å². The van der Waals surface area contributed by atoms with Crippen LogP contribution < -0.4 is 15.3 Å². The molecule has 0 unspecified atom stereocenters. The van der Waals surface area contributed by atoms with Gasteiger partial charge in [-0.25, -0.2) is 4.79 Å². The summed E-state index contributed by atoms with van der Waals surface area (Å²) in [6.45, 7) is -0.000519. The van der Waals surface area contributed by atoms with Crippen LogP contribution >= 0.6 is 0 Å². The minimum absolute atomic E-state index is 0.000519. The van der Waals surface area contributed by atoms with E-state index in [0.717, 1.165) is 16.8 Å². The lowest BCUT2D eigenvalue weighted by atomic mass is 10.2. The monoisotopic (exact) mass is 363 g/mol. The normalized spacial score (nSPS) is 11.0. The molecule has 2 aromatic heterocycles. The van der Waals surface area contributed by atoms with Gasteiger partial charge in [0.25, 0.3) is 0 Å². The maximum absolute atomic E-state index is 12.8. The van der Waals surface area contributed by atoms with Gasteiger partial charge in [0.1, 0.15) is 23.3 Å². The average Bonchev–Trinajstić information content (AvgIpc) is 3.12. The van der Waals surface area contributed by atoms with E-state index in [4.69, 9.17) is 9.15 Å². The Kier molecular flexibility index (Phi) is 4.12. The smallest absolute Gasteiger partial charge is 0.347 e. The third-order valence-electron chi connectivity index (χ3n) is 4.52. The van der Waals surface area contributed by atoms with Crippen molar-refractivity contribution in [3.63, 3.8) is 0 Å². The second-order valence-electron chi connectivity index (χ2n) is 6.10. The fourth-order valence-corrected chi connectivity index (χ4v) is 3.03. The number of anilines is 1. The first-order chi connectivity index (χ1) is 13.1. The molecule has 2 heterocycles. The summed E-state index contributed by atoms with van der Waals surface area (Å²) in [5.41, 5.74) is 1.33. The zero-order valence-electron chi connectivity index (χ0n) is 14.9. The van der Waals surface area contributed by atoms with Crippen molar-refractivity contribution in [1.82, 2.24) is 9.78 Å². The van der Waals surface area contributed by atoms with Gasteiger partial charge in [-0.2, -0.15) is 5.10 Å². The van der Waals surface area contributed by atoms with Crippen LogP contribution in [0.1, 0.15) is 0 Å². The zero-order valence-corrected chi connectivity index (χ0v) is 14.9. The lowest BCUT2D eigenvalue weighted by Gasteiger charge is -2.18. The van der Waals surface area contributed by atoms with Gasteiger partial charge in [0, 0.05) is 18.1 Å². The van der Waals surface area contributed by atoms with E-state index < -0.39 is 5.63 Å². The molecule has 0 bridgehead atoms. The number of hydrogen-bond donors (Lipinski definition) is 0. The molecule has 2 aromatic carbocycles. The molecule has 0 aliphatic rings. The number of amides is 1. The minimum Gasteiger partial charge on any atom is -0.497 e. The largest absolute Gasteiger partial charge is 0.497 e. The van der Waals surface area contributed by atoms with Crippen molar-refractivity contribution in [3.8, 4) is 5.75 Å². The number of likely N-dealkylation sites (N-methyl/N-ethyl adjacent to an activating group) is 1. The second kappa shape index (κ2) is 6.60. The molecule has 0 spiro atoms. The lowest BCUT2D eigenvalue weighted by molar-refractivity contribution is -0.119. The number of para-hydroxylation sites is 1. The maximum atomic E-state index is 12.8. The highest BCUT2D eigenvalue weighted by Crippen LogP contribution is 2.23. The third kappa shape index (κ3) is 2.93. The molecule has 1 amide bonds. The second-order valence-corrected chi connectivity index (χ2v) is 6.10. The summed E-state index contributed by atoms with van der Waals surface area (Å²) in [4.78, 5) is 26.5. The van der Waals surface area contributed by atoms with Gasteiger partial charge in [0.2, 0.25) is 5.91 Å². The average molecular weight is 363 g/mol. The van der Waals surface area contributed by atoms with E-state index in [1.54, 1.807) is 43.3 Å². The number of carbonyl (C=O) groups is 1. The van der Waals surface area contributed by atoms with Crippen molar-refractivity contribution >= 4 is 33.5 Å². The Balaban J connectivity index is 1.70. The Morgan fingerprint density at radius 1 is 1.15 bits per heavy atom. The van der Waals surface area contributed by atoms with Gasteiger partial charge in [-0.05, 0) is 36.4 Å². The van der Waals surface area contributed by atoms with Gasteiger partial charge < -0.3 is 14.1 Å². The third-order valence-corrected chi connectivity index (χ3v) is 4.52. The predicted octanol–water partition coefficient (Wildman–Crippen LogP) is 2.81. The van der Waals surface area contributed by atoms with Crippen LogP contribution in [0.3, 0.4) is 0 Å². The van der Waals surface area contributed by atoms with Crippen LogP contribution in [0.5, 0.6) is 5.75 Å². The number of benzene rings is 2. The number of rotatable bonds is 4. The standard InChI is InChI=1S/C20H17N3O4/c1-22(13-7-9-14(26-2)10-8-13)18(24)12-23-19-15-5-3-4-6-17(15)27-20(25)16(19)11-21-23/h3-11H,12H2,1-2H3. The number of aromatic nitrogens is 2. The summed E-state index contributed by atoms with van der Waals surface area (Å²) in [5, 5.41) is 5.33. The van der Waals surface area contributed by atoms with Crippen LogP contribution in [-0.4, -0.2) is 29.8 Å². The Morgan fingerprint density at radius 3 is 2.63 bits per heavy atom. The highest BCUT2D eigenvalue weighted by Gasteiger charge is 2.17. The van der Waals surface area contributed by atoms with Gasteiger partial charge >= 0.3 is 5.63 Å². The molecule has 7 nitrogen and oxygen atoms in total. The molecule has 27 heavy (non-hydrogen) atoms. The zero-order chi connectivity index (χ0) is 19.0. The summed E-state index contributed by atoms with van der Waals surface area (Å²) in [7, 11) is 3.29. The number of fused-ring (bicyclic) bond motifs is 3. The fourth-order valence-electron chi connectivity index (χ4n) is 3.03. The number of hydrogen-bond acceptors (Lipinski definition) is 5. The van der Waals surface area contributed by atoms with Gasteiger partial charge in [-0.1, -0.05) is 12.1 Å². The van der Waals surface area contributed by atoms with E-state index in [9.17, 15) is 9.59 Å². The number of methoxy groups -OCH3 is 1. The molecule has 7 heteroatoms. The first-order valence-electron chi connectivity index (χ1n) is 8.36. The molecule has 0 atom stereocenters. The number of carbonyl (C=O) groups excluding carboxylic acids is 1. The van der Waals surface area contributed by atoms with E-state index in [1.807, 2.05) is 24.3 Å². The molecule has 4 aromatic rings. The van der Waals surface area contributed by atoms with E-state index in [0.29, 0.717) is 16.5 Å². The SMILES string of the molecule is COc1ccc(N(C)C(=O)Cn2ncc3c(=O)oc4ccccc4c32)cc1. The van der Waals surface area contributed by atoms with Gasteiger partial charge in [-0.15, -0.1) is 0 Å². The Morgan fingerprint density at radius 2 is 1.89 bits per heavy atom. The van der Waals surface area contributed by atoms with Gasteiger partial charge in [0.15, 0.2) is 0 Å². The van der Waals surface area contributed by atoms with Crippen LogP contribution in [0.4, 0.5) is 5.69 Å². The molecule has 0 saturated carbocycles. The van der Waals surface area contributed by atoms with E-state index >= 15 is 0 Å². The Hall–Kier alpha value is -3.61. The first-order valence-corrected chi connectivity index (χ1v) is 8.36. The van der Waals surface area contributed by atoms with Crippen molar-refractivity contribution in [1.29, 1.82) is 0 Å². The molecule has 0 radical (unpaired) electrons. The van der Waals surface area contributed by atoms with Crippen LogP contribution in [0.2, 0.25) is 0 Å². The highest BCUT2D eigenvalue weighted by molar-refractivity contribution is 6.02. The topological polar surface area (TPSA) is 77.6 Å². The predicted molar refractivity (Wildman–Crippen MR) is 102 cm³/mol. The van der Waals surface area contributed by atoms with E-state index in [2.05, 4.69) is 5.10 Å². The quantitative estimate of drug-likeness (QED) is 0.521.